The van der Waals surface area contributed by atoms with Crippen molar-refractivity contribution in [3.63, 3.8) is 0 Å². The quantitative estimate of drug-likeness (QED) is 0.767. The Kier molecular flexibility index (Phi) is 3.11. The predicted molar refractivity (Wildman–Crippen MR) is 67.4 cm³/mol. The number of hydrogen-bond acceptors (Lipinski definition) is 4. The van der Waals surface area contributed by atoms with E-state index in [1.807, 2.05) is 30.3 Å². The molecular formula is C15H16O4. The van der Waals surface area contributed by atoms with Crippen molar-refractivity contribution in [3.05, 3.63) is 35.9 Å². The summed E-state index contributed by atoms with van der Waals surface area (Å²) < 4.78 is 10.6. The summed E-state index contributed by atoms with van der Waals surface area (Å²) >= 11 is 0. The van der Waals surface area contributed by atoms with Crippen LogP contribution in [0.25, 0.3) is 0 Å². The van der Waals surface area contributed by atoms with E-state index >= 15 is 0 Å². The van der Waals surface area contributed by atoms with Crippen LogP contribution in [0.4, 0.5) is 0 Å². The lowest BCUT2D eigenvalue weighted by Crippen LogP contribution is -2.27. The Morgan fingerprint density at radius 1 is 1.32 bits per heavy atom. The molecule has 1 aliphatic heterocycles. The Morgan fingerprint density at radius 2 is 2.05 bits per heavy atom. The molecule has 3 rings (SSSR count). The summed E-state index contributed by atoms with van der Waals surface area (Å²) in [4.78, 5) is 23.7. The third-order valence-electron chi connectivity index (χ3n) is 3.74. The van der Waals surface area contributed by atoms with Crippen LogP contribution in [-0.2, 0) is 25.5 Å². The van der Waals surface area contributed by atoms with Crippen molar-refractivity contribution in [2.24, 2.45) is 11.8 Å². The Hall–Kier alpha value is -1.68. The minimum absolute atomic E-state index is 0.0481. The van der Waals surface area contributed by atoms with Crippen LogP contribution in [0.1, 0.15) is 12.5 Å². The molecule has 4 nitrogen and oxygen atoms in total. The second-order valence-corrected chi connectivity index (χ2v) is 4.99. The van der Waals surface area contributed by atoms with Gasteiger partial charge in [-0.2, -0.15) is 0 Å². The van der Waals surface area contributed by atoms with E-state index in [0.29, 0.717) is 13.0 Å². The highest BCUT2D eigenvalue weighted by Crippen LogP contribution is 2.50. The lowest BCUT2D eigenvalue weighted by molar-refractivity contribution is -0.149. The molecule has 19 heavy (non-hydrogen) atoms. The number of esters is 1. The molecule has 1 aliphatic carbocycles. The van der Waals surface area contributed by atoms with Gasteiger partial charge in [0.2, 0.25) is 0 Å². The molecule has 0 N–H and O–H groups in total. The van der Waals surface area contributed by atoms with E-state index in [-0.39, 0.29) is 29.7 Å². The molecule has 0 radical (unpaired) electrons. The number of carbonyl (C=O) groups excluding carboxylic acids is 2. The molecule has 2 aliphatic rings. The van der Waals surface area contributed by atoms with E-state index in [9.17, 15) is 9.59 Å². The number of carbonyl (C=O) groups is 2. The van der Waals surface area contributed by atoms with Gasteiger partial charge < -0.3 is 9.47 Å². The zero-order chi connectivity index (χ0) is 13.4. The minimum Gasteiger partial charge on any atom is -0.466 e. The van der Waals surface area contributed by atoms with Gasteiger partial charge in [0.15, 0.2) is 5.78 Å². The van der Waals surface area contributed by atoms with Crippen molar-refractivity contribution in [1.82, 2.24) is 0 Å². The average Bonchev–Trinajstić information content (AvgIpc) is 3.04. The summed E-state index contributed by atoms with van der Waals surface area (Å²) in [6, 6.07) is 9.77. The Labute approximate surface area is 111 Å². The summed E-state index contributed by atoms with van der Waals surface area (Å²) in [6.07, 6.45) is -0.0642. The highest BCUT2D eigenvalue weighted by molar-refractivity contribution is 5.98. The van der Waals surface area contributed by atoms with Crippen molar-refractivity contribution in [3.8, 4) is 0 Å². The van der Waals surface area contributed by atoms with Gasteiger partial charge in [-0.15, -0.1) is 0 Å². The summed E-state index contributed by atoms with van der Waals surface area (Å²) in [6.45, 7) is 2.10. The van der Waals surface area contributed by atoms with Crippen LogP contribution in [0.2, 0.25) is 0 Å². The molecule has 4 heteroatoms. The molecule has 0 amide bonds. The van der Waals surface area contributed by atoms with Crippen LogP contribution in [0.3, 0.4) is 0 Å². The fraction of sp³-hybridized carbons (Fsp3) is 0.467. The van der Waals surface area contributed by atoms with E-state index in [1.54, 1.807) is 6.92 Å². The highest BCUT2D eigenvalue weighted by Gasteiger charge is 2.67. The van der Waals surface area contributed by atoms with Crippen LogP contribution in [0, 0.1) is 11.8 Å². The Bertz CT molecular complexity index is 496. The van der Waals surface area contributed by atoms with Crippen molar-refractivity contribution in [1.29, 1.82) is 0 Å². The van der Waals surface area contributed by atoms with Gasteiger partial charge in [-0.05, 0) is 12.5 Å². The van der Waals surface area contributed by atoms with Gasteiger partial charge in [-0.1, -0.05) is 30.3 Å². The van der Waals surface area contributed by atoms with Crippen molar-refractivity contribution in [2.45, 2.75) is 25.6 Å². The molecule has 0 unspecified atom stereocenters. The monoisotopic (exact) mass is 260 g/mol. The first-order valence-corrected chi connectivity index (χ1v) is 6.62. The lowest BCUT2D eigenvalue weighted by atomic mass is 10.0. The van der Waals surface area contributed by atoms with Crippen LogP contribution in [0.15, 0.2) is 30.3 Å². The Balaban J connectivity index is 1.60. The first-order chi connectivity index (χ1) is 9.22. The molecular weight excluding hydrogens is 244 g/mol. The van der Waals surface area contributed by atoms with E-state index < -0.39 is 6.10 Å². The molecule has 1 aromatic rings. The molecule has 1 saturated carbocycles. The predicted octanol–water partition coefficient (Wildman–Crippen LogP) is 1.37. The number of fused-ring (bicyclic) bond motifs is 1. The third-order valence-corrected chi connectivity index (χ3v) is 3.74. The van der Waals surface area contributed by atoms with E-state index in [0.717, 1.165) is 5.56 Å². The highest BCUT2D eigenvalue weighted by atomic mass is 16.5. The standard InChI is InChI=1S/C15H16O4/c1-2-18-15(17)12-11-13(16)10(19-14(11)12)8-9-6-4-3-5-7-9/h3-7,10-12,14H,2,8H2,1H3/t10-,11-,12+,14+/m0/s1. The zero-order valence-corrected chi connectivity index (χ0v) is 10.7. The number of Topliss-reactive ketones (excluding diaryl/α,β-unsaturated/α-hetero) is 1. The second kappa shape index (κ2) is 4.78. The average molecular weight is 260 g/mol. The van der Waals surface area contributed by atoms with Gasteiger partial charge in [0.05, 0.1) is 24.5 Å². The van der Waals surface area contributed by atoms with Crippen molar-refractivity contribution in [2.75, 3.05) is 6.61 Å². The lowest BCUT2D eigenvalue weighted by Gasteiger charge is -2.13. The number of hydrogen-bond donors (Lipinski definition) is 0. The van der Waals surface area contributed by atoms with Crippen molar-refractivity contribution >= 4 is 11.8 Å². The number of rotatable bonds is 4. The van der Waals surface area contributed by atoms with Crippen LogP contribution in [0.5, 0.6) is 0 Å². The van der Waals surface area contributed by atoms with Gasteiger partial charge in [-0.25, -0.2) is 0 Å². The molecule has 0 aromatic heterocycles. The third kappa shape index (κ3) is 2.16. The fourth-order valence-electron chi connectivity index (χ4n) is 2.76. The molecule has 0 spiro atoms. The number of ether oxygens (including phenoxy) is 2. The van der Waals surface area contributed by atoms with E-state index in [4.69, 9.17) is 9.47 Å². The van der Waals surface area contributed by atoms with Gasteiger partial charge >= 0.3 is 5.97 Å². The smallest absolute Gasteiger partial charge is 0.312 e. The van der Waals surface area contributed by atoms with Crippen LogP contribution < -0.4 is 0 Å². The fourth-order valence-corrected chi connectivity index (χ4v) is 2.76. The SMILES string of the molecule is CCOC(=O)[C@H]1[C@@H]2O[C@@H](Cc3ccccc3)C(=O)[C@@H]21. The summed E-state index contributed by atoms with van der Waals surface area (Å²) in [7, 11) is 0. The number of benzene rings is 1. The maximum absolute atomic E-state index is 12.1. The molecule has 100 valence electrons. The van der Waals surface area contributed by atoms with E-state index in [1.165, 1.54) is 0 Å². The summed E-state index contributed by atoms with van der Waals surface area (Å²) in [5.74, 6) is -0.886. The van der Waals surface area contributed by atoms with Gasteiger partial charge in [0.1, 0.15) is 6.10 Å². The van der Waals surface area contributed by atoms with Crippen molar-refractivity contribution < 1.29 is 19.1 Å². The summed E-state index contributed by atoms with van der Waals surface area (Å²) in [5.41, 5.74) is 1.08. The molecule has 1 aromatic carbocycles. The number of ketones is 1. The van der Waals surface area contributed by atoms with Gasteiger partial charge in [0.25, 0.3) is 0 Å². The maximum Gasteiger partial charge on any atom is 0.312 e. The Morgan fingerprint density at radius 3 is 2.63 bits per heavy atom. The minimum atomic E-state index is -0.400. The normalized spacial score (nSPS) is 31.9. The van der Waals surface area contributed by atoms with Crippen LogP contribution >= 0.6 is 0 Å². The molecule has 2 fully saturated rings. The zero-order valence-electron chi connectivity index (χ0n) is 10.7. The molecule has 1 heterocycles. The molecule has 0 bridgehead atoms. The summed E-state index contributed by atoms with van der Waals surface area (Å²) in [5, 5.41) is 0. The van der Waals surface area contributed by atoms with Gasteiger partial charge in [0, 0.05) is 6.42 Å². The second-order valence-electron chi connectivity index (χ2n) is 4.99. The van der Waals surface area contributed by atoms with Crippen LogP contribution in [-0.4, -0.2) is 30.6 Å². The molecule has 1 saturated heterocycles. The largest absolute Gasteiger partial charge is 0.466 e. The van der Waals surface area contributed by atoms with Gasteiger partial charge in [-0.3, -0.25) is 9.59 Å². The molecule has 4 atom stereocenters. The first-order valence-electron chi connectivity index (χ1n) is 6.62. The topological polar surface area (TPSA) is 52.6 Å². The van der Waals surface area contributed by atoms with E-state index in [2.05, 4.69) is 0 Å². The first kappa shape index (κ1) is 12.4. The maximum atomic E-state index is 12.1.